The molecule has 2 rings (SSSR count). The molecule has 0 aliphatic carbocycles. The summed E-state index contributed by atoms with van der Waals surface area (Å²) in [4.78, 5) is 2.48. The fourth-order valence-corrected chi connectivity index (χ4v) is 3.51. The van der Waals surface area contributed by atoms with Gasteiger partial charge < -0.3 is 5.11 Å². The molecule has 106 valence electrons. The molecular formula is C17H27NO. The summed E-state index contributed by atoms with van der Waals surface area (Å²) in [6.07, 6.45) is 1.98. The summed E-state index contributed by atoms with van der Waals surface area (Å²) in [7, 11) is 0. The van der Waals surface area contributed by atoms with Gasteiger partial charge in [0, 0.05) is 19.6 Å². The Morgan fingerprint density at radius 3 is 2.26 bits per heavy atom. The molecule has 1 aliphatic rings. The van der Waals surface area contributed by atoms with Crippen LogP contribution < -0.4 is 0 Å². The largest absolute Gasteiger partial charge is 0.389 e. The van der Waals surface area contributed by atoms with Crippen molar-refractivity contribution in [3.8, 4) is 0 Å². The molecule has 0 aromatic heterocycles. The average Bonchev–Trinajstić information content (AvgIpc) is 2.38. The maximum Gasteiger partial charge on any atom is 0.0722 e. The lowest BCUT2D eigenvalue weighted by molar-refractivity contribution is -0.112. The highest BCUT2D eigenvalue weighted by atomic mass is 16.3. The number of hydrogen-bond donors (Lipinski definition) is 1. The van der Waals surface area contributed by atoms with E-state index in [1.807, 2.05) is 0 Å². The Hall–Kier alpha value is -0.860. The summed E-state index contributed by atoms with van der Waals surface area (Å²) in [6, 6.07) is 10.6. The second kappa shape index (κ2) is 6.06. The molecule has 0 radical (unpaired) electrons. The molecule has 1 N–H and O–H groups in total. The standard InChI is InChI=1S/C17H27NO/c1-4-10-17(19)14(2)11-18(12-15(17)3)13-16-8-6-5-7-9-16/h5-9,14-15,19H,4,10-13H2,1-3H3. The quantitative estimate of drug-likeness (QED) is 0.899. The van der Waals surface area contributed by atoms with Gasteiger partial charge in [0.1, 0.15) is 0 Å². The first-order chi connectivity index (χ1) is 9.06. The molecule has 1 fully saturated rings. The lowest BCUT2D eigenvalue weighted by atomic mass is 9.72. The molecule has 0 bridgehead atoms. The number of hydrogen-bond acceptors (Lipinski definition) is 2. The van der Waals surface area contributed by atoms with Crippen LogP contribution in [0.1, 0.15) is 39.2 Å². The van der Waals surface area contributed by atoms with Crippen LogP contribution in [0.15, 0.2) is 30.3 Å². The van der Waals surface area contributed by atoms with Crippen molar-refractivity contribution in [1.29, 1.82) is 0 Å². The monoisotopic (exact) mass is 261 g/mol. The van der Waals surface area contributed by atoms with Gasteiger partial charge in [-0.15, -0.1) is 0 Å². The molecule has 2 atom stereocenters. The normalized spacial score (nSPS) is 32.4. The van der Waals surface area contributed by atoms with Crippen molar-refractivity contribution in [1.82, 2.24) is 4.90 Å². The lowest BCUT2D eigenvalue weighted by Gasteiger charge is -2.48. The van der Waals surface area contributed by atoms with Crippen molar-refractivity contribution in [3.63, 3.8) is 0 Å². The van der Waals surface area contributed by atoms with Gasteiger partial charge in [0.25, 0.3) is 0 Å². The highest BCUT2D eigenvalue weighted by Gasteiger charge is 2.43. The summed E-state index contributed by atoms with van der Waals surface area (Å²) < 4.78 is 0. The number of piperidine rings is 1. The molecule has 2 nitrogen and oxygen atoms in total. The van der Waals surface area contributed by atoms with Crippen molar-refractivity contribution in [2.24, 2.45) is 11.8 Å². The Labute approximate surface area is 117 Å². The maximum absolute atomic E-state index is 10.9. The molecule has 1 aromatic rings. The third-order valence-corrected chi connectivity index (χ3v) is 4.67. The van der Waals surface area contributed by atoms with Crippen LogP contribution >= 0.6 is 0 Å². The predicted octanol–water partition coefficient (Wildman–Crippen LogP) is 3.31. The third-order valence-electron chi connectivity index (χ3n) is 4.67. The van der Waals surface area contributed by atoms with Crippen LogP contribution in [0.25, 0.3) is 0 Å². The zero-order chi connectivity index (χ0) is 13.9. The third kappa shape index (κ3) is 3.18. The van der Waals surface area contributed by atoms with Gasteiger partial charge in [-0.3, -0.25) is 4.90 Å². The van der Waals surface area contributed by atoms with Gasteiger partial charge in [-0.1, -0.05) is 57.5 Å². The number of benzene rings is 1. The second-order valence-corrected chi connectivity index (χ2v) is 6.22. The van der Waals surface area contributed by atoms with Gasteiger partial charge in [0.2, 0.25) is 0 Å². The van der Waals surface area contributed by atoms with Crippen molar-refractivity contribution >= 4 is 0 Å². The second-order valence-electron chi connectivity index (χ2n) is 6.22. The van der Waals surface area contributed by atoms with Crippen LogP contribution in [0.3, 0.4) is 0 Å². The Morgan fingerprint density at radius 1 is 1.16 bits per heavy atom. The first-order valence-electron chi connectivity index (χ1n) is 7.55. The number of nitrogens with zero attached hydrogens (tertiary/aromatic N) is 1. The summed E-state index contributed by atoms with van der Waals surface area (Å²) in [5.41, 5.74) is 0.893. The molecule has 2 heteroatoms. The van der Waals surface area contributed by atoms with Crippen LogP contribution in [0.4, 0.5) is 0 Å². The van der Waals surface area contributed by atoms with Crippen molar-refractivity contribution in [3.05, 3.63) is 35.9 Å². The number of likely N-dealkylation sites (tertiary alicyclic amines) is 1. The van der Waals surface area contributed by atoms with E-state index in [-0.39, 0.29) is 0 Å². The Balaban J connectivity index is 2.01. The fraction of sp³-hybridized carbons (Fsp3) is 0.647. The van der Waals surface area contributed by atoms with Crippen LogP contribution in [0.5, 0.6) is 0 Å². The van der Waals surface area contributed by atoms with E-state index >= 15 is 0 Å². The van der Waals surface area contributed by atoms with Gasteiger partial charge >= 0.3 is 0 Å². The Morgan fingerprint density at radius 2 is 1.74 bits per heavy atom. The van der Waals surface area contributed by atoms with E-state index < -0.39 is 5.60 Å². The van der Waals surface area contributed by atoms with Crippen LogP contribution in [0, 0.1) is 11.8 Å². The average molecular weight is 261 g/mol. The highest BCUT2D eigenvalue weighted by Crippen LogP contribution is 2.36. The SMILES string of the molecule is CCCC1(O)C(C)CN(Cc2ccccc2)CC1C. The van der Waals surface area contributed by atoms with E-state index in [2.05, 4.69) is 56.0 Å². The van der Waals surface area contributed by atoms with Gasteiger partial charge in [0.15, 0.2) is 0 Å². The van der Waals surface area contributed by atoms with Crippen LogP contribution in [-0.4, -0.2) is 28.7 Å². The maximum atomic E-state index is 10.9. The first-order valence-corrected chi connectivity index (χ1v) is 7.55. The molecule has 0 spiro atoms. The van der Waals surface area contributed by atoms with E-state index in [1.165, 1.54) is 5.56 Å². The van der Waals surface area contributed by atoms with Gasteiger partial charge in [-0.05, 0) is 23.8 Å². The molecule has 19 heavy (non-hydrogen) atoms. The molecule has 1 aromatic carbocycles. The van der Waals surface area contributed by atoms with Crippen LogP contribution in [-0.2, 0) is 6.54 Å². The van der Waals surface area contributed by atoms with E-state index in [0.29, 0.717) is 11.8 Å². The first kappa shape index (κ1) is 14.5. The van der Waals surface area contributed by atoms with Crippen molar-refractivity contribution in [2.45, 2.75) is 45.8 Å². The molecule has 1 heterocycles. The minimum atomic E-state index is -0.470. The Bertz CT molecular complexity index is 378. The van der Waals surface area contributed by atoms with E-state index in [0.717, 1.165) is 32.5 Å². The number of rotatable bonds is 4. The molecule has 1 saturated heterocycles. The predicted molar refractivity (Wildman–Crippen MR) is 79.9 cm³/mol. The lowest BCUT2D eigenvalue weighted by Crippen LogP contribution is -2.56. The minimum Gasteiger partial charge on any atom is -0.389 e. The molecule has 1 aliphatic heterocycles. The fourth-order valence-electron chi connectivity index (χ4n) is 3.51. The molecule has 2 unspecified atom stereocenters. The van der Waals surface area contributed by atoms with E-state index in [1.54, 1.807) is 0 Å². The van der Waals surface area contributed by atoms with Crippen LogP contribution in [0.2, 0.25) is 0 Å². The zero-order valence-electron chi connectivity index (χ0n) is 12.5. The Kier molecular flexibility index (Phi) is 4.64. The summed E-state index contributed by atoms with van der Waals surface area (Å²) in [5.74, 6) is 0.694. The zero-order valence-corrected chi connectivity index (χ0v) is 12.5. The smallest absolute Gasteiger partial charge is 0.0722 e. The topological polar surface area (TPSA) is 23.5 Å². The summed E-state index contributed by atoms with van der Waals surface area (Å²) >= 11 is 0. The highest BCUT2D eigenvalue weighted by molar-refractivity contribution is 5.14. The summed E-state index contributed by atoms with van der Waals surface area (Å²) in [6.45, 7) is 9.55. The molecular weight excluding hydrogens is 234 g/mol. The minimum absolute atomic E-state index is 0.347. The van der Waals surface area contributed by atoms with Gasteiger partial charge in [-0.2, -0.15) is 0 Å². The number of aliphatic hydroxyl groups is 1. The van der Waals surface area contributed by atoms with Crippen molar-refractivity contribution < 1.29 is 5.11 Å². The molecule has 0 amide bonds. The van der Waals surface area contributed by atoms with Gasteiger partial charge in [-0.25, -0.2) is 0 Å². The van der Waals surface area contributed by atoms with Crippen molar-refractivity contribution in [2.75, 3.05) is 13.1 Å². The van der Waals surface area contributed by atoms with E-state index in [9.17, 15) is 5.11 Å². The molecule has 0 saturated carbocycles. The van der Waals surface area contributed by atoms with E-state index in [4.69, 9.17) is 0 Å². The summed E-state index contributed by atoms with van der Waals surface area (Å²) in [5, 5.41) is 10.9. The van der Waals surface area contributed by atoms with Gasteiger partial charge in [0.05, 0.1) is 5.60 Å².